The fourth-order valence-electron chi connectivity index (χ4n) is 1.55. The Morgan fingerprint density at radius 3 is 2.83 bits per heavy atom. The van der Waals surface area contributed by atoms with Crippen LogP contribution >= 0.6 is 11.3 Å². The van der Waals surface area contributed by atoms with Gasteiger partial charge in [0, 0.05) is 5.69 Å². The van der Waals surface area contributed by atoms with Crippen molar-refractivity contribution in [2.45, 2.75) is 6.92 Å². The van der Waals surface area contributed by atoms with E-state index in [1.807, 2.05) is 0 Å². The van der Waals surface area contributed by atoms with E-state index < -0.39 is 23.4 Å². The minimum absolute atomic E-state index is 0.0531. The number of esters is 1. The van der Waals surface area contributed by atoms with Crippen LogP contribution in [0.1, 0.15) is 15.9 Å². The van der Waals surface area contributed by atoms with Crippen molar-refractivity contribution >= 4 is 39.0 Å². The summed E-state index contributed by atoms with van der Waals surface area (Å²) < 4.78 is 4.85. The molecule has 1 aromatic heterocycles. The van der Waals surface area contributed by atoms with Crippen molar-refractivity contribution in [2.24, 2.45) is 0 Å². The van der Waals surface area contributed by atoms with Gasteiger partial charge in [-0.05, 0) is 36.0 Å². The van der Waals surface area contributed by atoms with Crippen LogP contribution in [0.3, 0.4) is 0 Å². The molecule has 0 radical (unpaired) electrons. The van der Waals surface area contributed by atoms with Crippen molar-refractivity contribution in [1.29, 1.82) is 0 Å². The number of aryl methyl sites for hydroxylation is 1. The van der Waals surface area contributed by atoms with Gasteiger partial charge in [0.2, 0.25) is 0 Å². The number of thiazole rings is 1. The maximum Gasteiger partial charge on any atom is 0.345 e. The largest absolute Gasteiger partial charge is 0.452 e. The molecule has 0 bridgehead atoms. The van der Waals surface area contributed by atoms with E-state index in [1.165, 1.54) is 12.1 Å². The molecular formula is C13H12N4O5S. The first-order chi connectivity index (χ1) is 10.9. The van der Waals surface area contributed by atoms with Crippen LogP contribution in [0.15, 0.2) is 24.4 Å². The van der Waals surface area contributed by atoms with Gasteiger partial charge in [-0.25, -0.2) is 9.78 Å². The minimum Gasteiger partial charge on any atom is -0.452 e. The second-order valence-electron chi connectivity index (χ2n) is 4.46. The number of rotatable bonds is 5. The molecule has 0 aliphatic heterocycles. The van der Waals surface area contributed by atoms with E-state index in [0.717, 1.165) is 11.8 Å². The molecule has 120 valence electrons. The molecule has 1 heterocycles. The maximum atomic E-state index is 11.8. The highest BCUT2D eigenvalue weighted by atomic mass is 32.1. The predicted molar refractivity (Wildman–Crippen MR) is 83.3 cm³/mol. The first-order valence-electron chi connectivity index (χ1n) is 6.30. The van der Waals surface area contributed by atoms with Crippen LogP contribution in [0.25, 0.3) is 0 Å². The topological polar surface area (TPSA) is 137 Å². The molecule has 9 nitrogen and oxygen atoms in total. The Morgan fingerprint density at radius 2 is 2.22 bits per heavy atom. The third-order valence-electron chi connectivity index (χ3n) is 2.77. The minimum atomic E-state index is -0.697. The van der Waals surface area contributed by atoms with Crippen LogP contribution in [0, 0.1) is 17.0 Å². The number of benzene rings is 1. The van der Waals surface area contributed by atoms with Gasteiger partial charge in [-0.3, -0.25) is 20.2 Å². The monoisotopic (exact) mass is 336 g/mol. The summed E-state index contributed by atoms with van der Waals surface area (Å²) in [6.07, 6.45) is 1.03. The van der Waals surface area contributed by atoms with E-state index >= 15 is 0 Å². The van der Waals surface area contributed by atoms with Crippen molar-refractivity contribution in [1.82, 2.24) is 4.98 Å². The maximum absolute atomic E-state index is 11.8. The normalized spacial score (nSPS) is 10.1. The second-order valence-corrected chi connectivity index (χ2v) is 5.47. The Balaban J connectivity index is 1.89. The van der Waals surface area contributed by atoms with Gasteiger partial charge in [0.05, 0.1) is 10.5 Å². The molecule has 23 heavy (non-hydrogen) atoms. The fourth-order valence-corrected chi connectivity index (χ4v) is 2.19. The van der Waals surface area contributed by atoms with Crippen molar-refractivity contribution in [2.75, 3.05) is 17.7 Å². The van der Waals surface area contributed by atoms with Crippen molar-refractivity contribution in [3.63, 3.8) is 0 Å². The smallest absolute Gasteiger partial charge is 0.345 e. The molecule has 0 atom stereocenters. The summed E-state index contributed by atoms with van der Waals surface area (Å²) in [5.41, 5.74) is 7.19. The summed E-state index contributed by atoms with van der Waals surface area (Å²) in [6, 6.07) is 4.66. The number of hydrogen-bond donors (Lipinski definition) is 2. The predicted octanol–water partition coefficient (Wildman–Crippen LogP) is 1.74. The van der Waals surface area contributed by atoms with E-state index in [1.54, 1.807) is 13.0 Å². The van der Waals surface area contributed by atoms with Gasteiger partial charge in [0.25, 0.3) is 5.91 Å². The van der Waals surface area contributed by atoms with E-state index in [-0.39, 0.29) is 15.7 Å². The lowest BCUT2D eigenvalue weighted by molar-refractivity contribution is -0.380. The van der Waals surface area contributed by atoms with Gasteiger partial charge in [0.1, 0.15) is 6.20 Å². The zero-order valence-corrected chi connectivity index (χ0v) is 12.8. The van der Waals surface area contributed by atoms with Gasteiger partial charge in [0.15, 0.2) is 11.7 Å². The highest BCUT2D eigenvalue weighted by Crippen LogP contribution is 2.24. The summed E-state index contributed by atoms with van der Waals surface area (Å²) in [5, 5.41) is 12.7. The van der Waals surface area contributed by atoms with Crippen molar-refractivity contribution < 1.29 is 19.2 Å². The Morgan fingerprint density at radius 1 is 1.48 bits per heavy atom. The van der Waals surface area contributed by atoms with E-state index in [4.69, 9.17) is 10.5 Å². The van der Waals surface area contributed by atoms with Gasteiger partial charge < -0.3 is 10.5 Å². The van der Waals surface area contributed by atoms with Gasteiger partial charge in [-0.1, -0.05) is 6.07 Å². The number of amides is 1. The average molecular weight is 336 g/mol. The number of carbonyl (C=O) groups is 2. The lowest BCUT2D eigenvalue weighted by atomic mass is 10.1. The van der Waals surface area contributed by atoms with Crippen molar-refractivity contribution in [3.05, 3.63) is 45.6 Å². The molecule has 0 saturated carbocycles. The SMILES string of the molecule is Cc1ccc(C(=O)OCC(=O)Nc2ncc([N+](=O)[O-])s2)cc1N. The lowest BCUT2D eigenvalue weighted by Gasteiger charge is -2.06. The van der Waals surface area contributed by atoms with Crippen LogP contribution in [0.5, 0.6) is 0 Å². The number of carbonyl (C=O) groups excluding carboxylic acids is 2. The van der Waals surface area contributed by atoms with E-state index in [0.29, 0.717) is 17.0 Å². The molecule has 10 heteroatoms. The molecule has 0 spiro atoms. The second kappa shape index (κ2) is 6.83. The molecule has 0 aliphatic rings. The van der Waals surface area contributed by atoms with Crippen LogP contribution in [0.4, 0.5) is 15.8 Å². The number of hydrogen-bond acceptors (Lipinski definition) is 8. The molecule has 3 N–H and O–H groups in total. The summed E-state index contributed by atoms with van der Waals surface area (Å²) in [6.45, 7) is 1.26. The first kappa shape index (κ1) is 16.4. The van der Waals surface area contributed by atoms with E-state index in [9.17, 15) is 19.7 Å². The van der Waals surface area contributed by atoms with Gasteiger partial charge in [-0.2, -0.15) is 0 Å². The number of anilines is 2. The molecular weight excluding hydrogens is 324 g/mol. The standard InChI is InChI=1S/C13H12N4O5S/c1-7-2-3-8(4-9(7)14)12(19)22-6-10(18)16-13-15-5-11(23-13)17(20)21/h2-5H,6,14H2,1H3,(H,15,16,18). The molecule has 2 rings (SSSR count). The zero-order valence-electron chi connectivity index (χ0n) is 11.9. The van der Waals surface area contributed by atoms with Crippen LogP contribution in [-0.4, -0.2) is 28.4 Å². The van der Waals surface area contributed by atoms with E-state index in [2.05, 4.69) is 10.3 Å². The number of nitrogens with zero attached hydrogens (tertiary/aromatic N) is 2. The third-order valence-corrected chi connectivity index (χ3v) is 3.63. The molecule has 1 aromatic carbocycles. The summed E-state index contributed by atoms with van der Waals surface area (Å²) in [7, 11) is 0. The Labute approximate surface area is 134 Å². The summed E-state index contributed by atoms with van der Waals surface area (Å²) in [5.74, 6) is -1.35. The molecule has 2 aromatic rings. The molecule has 0 fully saturated rings. The average Bonchev–Trinajstić information content (AvgIpc) is 2.96. The highest BCUT2D eigenvalue weighted by Gasteiger charge is 2.15. The van der Waals surface area contributed by atoms with Crippen molar-refractivity contribution in [3.8, 4) is 0 Å². The first-order valence-corrected chi connectivity index (χ1v) is 7.12. The Bertz CT molecular complexity index is 773. The molecule has 0 aliphatic carbocycles. The number of nitrogens with one attached hydrogen (secondary N) is 1. The Hall–Kier alpha value is -3.01. The number of nitro groups is 1. The highest BCUT2D eigenvalue weighted by molar-refractivity contribution is 7.18. The quantitative estimate of drug-likeness (QED) is 0.367. The zero-order chi connectivity index (χ0) is 17.0. The summed E-state index contributed by atoms with van der Waals surface area (Å²) >= 11 is 0.704. The molecule has 0 unspecified atom stereocenters. The fraction of sp³-hybridized carbons (Fsp3) is 0.154. The lowest BCUT2D eigenvalue weighted by Crippen LogP contribution is -2.20. The number of nitrogen functional groups attached to an aromatic ring is 1. The molecule has 0 saturated heterocycles. The number of ether oxygens (including phenoxy) is 1. The van der Waals surface area contributed by atoms with Crippen LogP contribution in [0.2, 0.25) is 0 Å². The molecule has 1 amide bonds. The Kier molecular flexibility index (Phi) is 4.86. The van der Waals surface area contributed by atoms with Crippen LogP contribution < -0.4 is 11.1 Å². The number of aromatic nitrogens is 1. The van der Waals surface area contributed by atoms with Crippen LogP contribution in [-0.2, 0) is 9.53 Å². The third kappa shape index (κ3) is 4.23. The van der Waals surface area contributed by atoms with Gasteiger partial charge >= 0.3 is 11.0 Å². The summed E-state index contributed by atoms with van der Waals surface area (Å²) in [4.78, 5) is 37.0. The van der Waals surface area contributed by atoms with Gasteiger partial charge in [-0.15, -0.1) is 0 Å². The number of nitrogens with two attached hydrogens (primary N) is 1.